The standard InChI is InChI=1S/C22H31NO5/c1-20(2,3)27-18(24)22(23-19(25)28-21(4,5)6)14-15-26-17(22)13-12-16-10-8-7-9-11-16/h7-13,17H,14-15H2,1-6H3,(H,23,25)/b13-12+/t17-,22+/m1/s1. The van der Waals surface area contributed by atoms with E-state index < -0.39 is 34.9 Å². The van der Waals surface area contributed by atoms with Gasteiger partial charge in [0.1, 0.15) is 17.3 Å². The Morgan fingerprint density at radius 2 is 1.68 bits per heavy atom. The van der Waals surface area contributed by atoms with E-state index in [1.54, 1.807) is 47.6 Å². The highest BCUT2D eigenvalue weighted by molar-refractivity contribution is 5.88. The number of nitrogens with one attached hydrogen (secondary N) is 1. The molecule has 2 atom stereocenters. The molecule has 1 aliphatic rings. The summed E-state index contributed by atoms with van der Waals surface area (Å²) in [6.45, 7) is 11.0. The van der Waals surface area contributed by atoms with Crippen molar-refractivity contribution in [1.82, 2.24) is 5.32 Å². The first-order chi connectivity index (χ1) is 12.9. The van der Waals surface area contributed by atoms with E-state index in [4.69, 9.17) is 14.2 Å². The molecule has 1 saturated heterocycles. The highest BCUT2D eigenvalue weighted by atomic mass is 16.6. The molecular formula is C22H31NO5. The molecule has 0 radical (unpaired) electrons. The maximum absolute atomic E-state index is 13.1. The van der Waals surface area contributed by atoms with Crippen LogP contribution in [0.15, 0.2) is 36.4 Å². The Balaban J connectivity index is 2.31. The zero-order chi connectivity index (χ0) is 21.0. The number of ether oxygens (including phenoxy) is 3. The van der Waals surface area contributed by atoms with Crippen molar-refractivity contribution >= 4 is 18.1 Å². The Labute approximate surface area is 167 Å². The van der Waals surface area contributed by atoms with Gasteiger partial charge in [0.2, 0.25) is 0 Å². The number of hydrogen-bond acceptors (Lipinski definition) is 5. The van der Waals surface area contributed by atoms with Gasteiger partial charge in [-0.25, -0.2) is 9.59 Å². The van der Waals surface area contributed by atoms with E-state index in [1.165, 1.54) is 0 Å². The fourth-order valence-electron chi connectivity index (χ4n) is 2.87. The van der Waals surface area contributed by atoms with Gasteiger partial charge in [0, 0.05) is 6.42 Å². The lowest BCUT2D eigenvalue weighted by molar-refractivity contribution is -0.164. The number of amides is 1. The van der Waals surface area contributed by atoms with Gasteiger partial charge in [0.25, 0.3) is 0 Å². The average Bonchev–Trinajstić information content (AvgIpc) is 2.94. The maximum atomic E-state index is 13.1. The van der Waals surface area contributed by atoms with Crippen LogP contribution in [0.2, 0.25) is 0 Å². The van der Waals surface area contributed by atoms with Crippen molar-refractivity contribution in [3.05, 3.63) is 42.0 Å². The van der Waals surface area contributed by atoms with Crippen LogP contribution in [-0.2, 0) is 19.0 Å². The fraction of sp³-hybridized carbons (Fsp3) is 0.545. The van der Waals surface area contributed by atoms with E-state index in [1.807, 2.05) is 36.4 Å². The van der Waals surface area contributed by atoms with E-state index >= 15 is 0 Å². The van der Waals surface area contributed by atoms with E-state index in [0.29, 0.717) is 13.0 Å². The topological polar surface area (TPSA) is 73.9 Å². The summed E-state index contributed by atoms with van der Waals surface area (Å²) >= 11 is 0. The number of esters is 1. The quantitative estimate of drug-likeness (QED) is 0.785. The van der Waals surface area contributed by atoms with Crippen molar-refractivity contribution in [2.45, 2.75) is 70.8 Å². The number of carbonyl (C=O) groups is 2. The van der Waals surface area contributed by atoms with E-state index in [9.17, 15) is 9.59 Å². The average molecular weight is 389 g/mol. The summed E-state index contributed by atoms with van der Waals surface area (Å²) in [5, 5.41) is 2.75. The third kappa shape index (κ3) is 6.09. The second kappa shape index (κ2) is 8.35. The molecule has 0 aromatic heterocycles. The summed E-state index contributed by atoms with van der Waals surface area (Å²) in [4.78, 5) is 25.6. The predicted octanol–water partition coefficient (Wildman–Crippen LogP) is 4.09. The van der Waals surface area contributed by atoms with Gasteiger partial charge in [-0.1, -0.05) is 42.5 Å². The number of rotatable bonds is 4. The normalized spacial score (nSPS) is 22.9. The number of carbonyl (C=O) groups excluding carboxylic acids is 2. The Morgan fingerprint density at radius 3 is 2.25 bits per heavy atom. The Morgan fingerprint density at radius 1 is 1.07 bits per heavy atom. The van der Waals surface area contributed by atoms with Gasteiger partial charge in [-0.05, 0) is 47.1 Å². The Hall–Kier alpha value is -2.34. The summed E-state index contributed by atoms with van der Waals surface area (Å²) in [7, 11) is 0. The van der Waals surface area contributed by atoms with Crippen LogP contribution in [0.1, 0.15) is 53.5 Å². The van der Waals surface area contributed by atoms with Gasteiger partial charge < -0.3 is 19.5 Å². The molecule has 1 aromatic rings. The first-order valence-electron chi connectivity index (χ1n) is 9.51. The lowest BCUT2D eigenvalue weighted by Crippen LogP contribution is -2.61. The first kappa shape index (κ1) is 22.0. The zero-order valence-corrected chi connectivity index (χ0v) is 17.6. The third-order valence-corrected chi connectivity index (χ3v) is 4.03. The molecule has 1 aromatic carbocycles. The van der Waals surface area contributed by atoms with Gasteiger partial charge in [-0.2, -0.15) is 0 Å². The van der Waals surface area contributed by atoms with Crippen LogP contribution in [-0.4, -0.2) is 41.5 Å². The molecule has 0 unspecified atom stereocenters. The van der Waals surface area contributed by atoms with Crippen LogP contribution in [0.4, 0.5) is 4.79 Å². The smallest absolute Gasteiger partial charge is 0.408 e. The monoisotopic (exact) mass is 389 g/mol. The highest BCUT2D eigenvalue weighted by Crippen LogP contribution is 2.31. The molecule has 1 N–H and O–H groups in total. The van der Waals surface area contributed by atoms with Crippen molar-refractivity contribution in [3.63, 3.8) is 0 Å². The summed E-state index contributed by atoms with van der Waals surface area (Å²) in [5.41, 5.74) is -1.77. The maximum Gasteiger partial charge on any atom is 0.408 e. The molecule has 6 nitrogen and oxygen atoms in total. The minimum Gasteiger partial charge on any atom is -0.458 e. The molecule has 1 aliphatic heterocycles. The lowest BCUT2D eigenvalue weighted by Gasteiger charge is -2.34. The molecule has 0 bridgehead atoms. The second-order valence-corrected chi connectivity index (χ2v) is 8.91. The first-order valence-corrected chi connectivity index (χ1v) is 9.51. The number of benzene rings is 1. The van der Waals surface area contributed by atoms with Gasteiger partial charge in [-0.3, -0.25) is 0 Å². The van der Waals surface area contributed by atoms with Gasteiger partial charge in [0.15, 0.2) is 5.54 Å². The minimum atomic E-state index is -1.35. The second-order valence-electron chi connectivity index (χ2n) is 8.91. The lowest BCUT2D eigenvalue weighted by atomic mass is 9.90. The molecule has 2 rings (SSSR count). The molecular weight excluding hydrogens is 358 g/mol. The SMILES string of the molecule is CC(C)(C)OC(=O)N[C@@]1(C(=O)OC(C)(C)C)CCO[C@@H]1/C=C/c1ccccc1. The van der Waals surface area contributed by atoms with Gasteiger partial charge >= 0.3 is 12.1 Å². The largest absolute Gasteiger partial charge is 0.458 e. The summed E-state index contributed by atoms with van der Waals surface area (Å²) in [6, 6.07) is 9.67. The Kier molecular flexibility index (Phi) is 6.55. The van der Waals surface area contributed by atoms with E-state index in [0.717, 1.165) is 5.56 Å². The molecule has 0 aliphatic carbocycles. The predicted molar refractivity (Wildman–Crippen MR) is 108 cm³/mol. The van der Waals surface area contributed by atoms with Gasteiger partial charge in [-0.15, -0.1) is 0 Å². The Bertz CT molecular complexity index is 715. The molecule has 1 amide bonds. The van der Waals surface area contributed by atoms with Crippen molar-refractivity contribution in [2.75, 3.05) is 6.61 Å². The highest BCUT2D eigenvalue weighted by Gasteiger charge is 2.53. The molecule has 28 heavy (non-hydrogen) atoms. The summed E-state index contributed by atoms with van der Waals surface area (Å²) in [6.07, 6.45) is 2.59. The summed E-state index contributed by atoms with van der Waals surface area (Å²) in [5.74, 6) is -0.536. The molecule has 1 fully saturated rings. The number of alkyl carbamates (subject to hydrolysis) is 1. The van der Waals surface area contributed by atoms with E-state index in [2.05, 4.69) is 5.32 Å². The van der Waals surface area contributed by atoms with Crippen molar-refractivity contribution in [3.8, 4) is 0 Å². The molecule has 1 heterocycles. The third-order valence-electron chi connectivity index (χ3n) is 4.03. The summed E-state index contributed by atoms with van der Waals surface area (Å²) < 4.78 is 16.8. The molecule has 0 saturated carbocycles. The fourth-order valence-corrected chi connectivity index (χ4v) is 2.87. The van der Waals surface area contributed by atoms with Crippen molar-refractivity contribution in [2.24, 2.45) is 0 Å². The minimum absolute atomic E-state index is 0.297. The van der Waals surface area contributed by atoms with Crippen LogP contribution in [0.5, 0.6) is 0 Å². The number of hydrogen-bond donors (Lipinski definition) is 1. The van der Waals surface area contributed by atoms with Crippen molar-refractivity contribution < 1.29 is 23.8 Å². The van der Waals surface area contributed by atoms with Gasteiger partial charge in [0.05, 0.1) is 6.61 Å². The van der Waals surface area contributed by atoms with E-state index in [-0.39, 0.29) is 0 Å². The van der Waals surface area contributed by atoms with Crippen LogP contribution in [0, 0.1) is 0 Å². The van der Waals surface area contributed by atoms with Crippen molar-refractivity contribution in [1.29, 1.82) is 0 Å². The van der Waals surface area contributed by atoms with Crippen LogP contribution < -0.4 is 5.32 Å². The molecule has 154 valence electrons. The molecule has 6 heteroatoms. The van der Waals surface area contributed by atoms with Crippen LogP contribution in [0.3, 0.4) is 0 Å². The molecule has 0 spiro atoms. The zero-order valence-electron chi connectivity index (χ0n) is 17.6. The van der Waals surface area contributed by atoms with Crippen LogP contribution >= 0.6 is 0 Å². The van der Waals surface area contributed by atoms with Crippen LogP contribution in [0.25, 0.3) is 6.08 Å².